The molecule has 2 nitrogen and oxygen atoms in total. The molecule has 1 atom stereocenters. The van der Waals surface area contributed by atoms with Crippen LogP contribution in [0.4, 0.5) is 17.1 Å². The van der Waals surface area contributed by atoms with E-state index < -0.39 is 5.41 Å². The first-order chi connectivity index (χ1) is 33.6. The van der Waals surface area contributed by atoms with E-state index in [4.69, 9.17) is 0 Å². The Hall–Kier alpha value is -6.38. The van der Waals surface area contributed by atoms with Gasteiger partial charge in [-0.05, 0) is 173 Å². The van der Waals surface area contributed by atoms with E-state index in [9.17, 15) is 0 Å². The summed E-state index contributed by atoms with van der Waals surface area (Å²) in [5.41, 5.74) is 21.6. The van der Waals surface area contributed by atoms with Gasteiger partial charge in [-0.1, -0.05) is 167 Å². The van der Waals surface area contributed by atoms with Crippen molar-refractivity contribution >= 4 is 49.6 Å². The number of anilines is 3. The Kier molecular flexibility index (Phi) is 9.64. The molecule has 2 heteroatoms. The number of para-hydroxylation sites is 2. The van der Waals surface area contributed by atoms with E-state index in [-0.39, 0.29) is 0 Å². The second kappa shape index (κ2) is 16.1. The lowest BCUT2D eigenvalue weighted by molar-refractivity contribution is 0.443. The zero-order chi connectivity index (χ0) is 44.9. The Morgan fingerprint density at radius 1 is 0.426 bits per heavy atom. The summed E-state index contributed by atoms with van der Waals surface area (Å²) in [5.74, 6) is 1.80. The normalized spacial score (nSPS) is 19.7. The van der Waals surface area contributed by atoms with Gasteiger partial charge in [0, 0.05) is 33.1 Å². The van der Waals surface area contributed by atoms with Crippen LogP contribution in [0.1, 0.15) is 154 Å². The Morgan fingerprint density at radius 2 is 1.06 bits per heavy atom. The predicted molar refractivity (Wildman–Crippen MR) is 287 cm³/mol. The molecule has 0 spiro atoms. The molecule has 0 amide bonds. The van der Waals surface area contributed by atoms with Gasteiger partial charge >= 0.3 is 0 Å². The summed E-state index contributed by atoms with van der Waals surface area (Å²) in [6.07, 6.45) is 19.7. The number of benzene rings is 8. The van der Waals surface area contributed by atoms with Crippen LogP contribution < -0.4 is 4.90 Å². The van der Waals surface area contributed by atoms with Crippen molar-refractivity contribution in [2.24, 2.45) is 0 Å². The molecule has 4 aliphatic carbocycles. The number of fused-ring (bicyclic) bond motifs is 6. The van der Waals surface area contributed by atoms with E-state index in [1.807, 2.05) is 0 Å². The van der Waals surface area contributed by atoms with Gasteiger partial charge in [0.1, 0.15) is 0 Å². The van der Waals surface area contributed by atoms with Gasteiger partial charge in [-0.15, -0.1) is 0 Å². The molecule has 3 fully saturated rings. The van der Waals surface area contributed by atoms with Crippen LogP contribution in [0.2, 0.25) is 0 Å². The van der Waals surface area contributed by atoms with Crippen molar-refractivity contribution in [3.63, 3.8) is 0 Å². The fourth-order valence-electron chi connectivity index (χ4n) is 14.6. The van der Waals surface area contributed by atoms with Gasteiger partial charge in [0.2, 0.25) is 0 Å². The Bertz CT molecular complexity index is 3420. The quantitative estimate of drug-likeness (QED) is 0.167. The Morgan fingerprint density at radius 3 is 1.84 bits per heavy atom. The Balaban J connectivity index is 1.10. The highest BCUT2D eigenvalue weighted by Gasteiger charge is 2.45. The summed E-state index contributed by atoms with van der Waals surface area (Å²) in [5, 5.41) is 5.28. The molecule has 0 saturated heterocycles. The zero-order valence-corrected chi connectivity index (χ0v) is 39.7. The molecular weight excluding hydrogens is 821 g/mol. The van der Waals surface area contributed by atoms with Crippen LogP contribution in [0, 0.1) is 0 Å². The van der Waals surface area contributed by atoms with Crippen LogP contribution in [-0.4, -0.2) is 4.57 Å². The third-order valence-corrected chi connectivity index (χ3v) is 18.0. The van der Waals surface area contributed by atoms with Gasteiger partial charge in [0.25, 0.3) is 0 Å². The van der Waals surface area contributed by atoms with Crippen LogP contribution >= 0.6 is 0 Å². The summed E-state index contributed by atoms with van der Waals surface area (Å²) < 4.78 is 2.72. The molecule has 3 saturated carbocycles. The molecule has 6 aliphatic rings. The van der Waals surface area contributed by atoms with E-state index >= 15 is 0 Å². The number of aromatic nitrogens is 1. The van der Waals surface area contributed by atoms with E-state index in [2.05, 4.69) is 174 Å². The molecule has 9 aromatic rings. The highest BCUT2D eigenvalue weighted by atomic mass is 15.1. The first kappa shape index (κ1) is 40.7. The Labute approximate surface area is 402 Å². The molecule has 1 aromatic heterocycles. The molecule has 15 rings (SSSR count). The highest BCUT2D eigenvalue weighted by molar-refractivity contribution is 6.11. The number of hydrogen-bond donors (Lipinski definition) is 0. The SMILES string of the molecule is CC12c3ccc(cc3-c3c(C4CCCCC4)cccc31)N(c1ccc(C3CCCCC3)cc1)c1ccc3ccccc3c1-c1ccc(-n3c4ccccc4c4cccc(C5CCCCC5)c43)c2c1. The fraction of sp³-hybridized carbons (Fsp3) is 0.303. The second-order valence-corrected chi connectivity index (χ2v) is 21.6. The van der Waals surface area contributed by atoms with Crippen LogP contribution in [0.15, 0.2) is 158 Å². The van der Waals surface area contributed by atoms with Crippen LogP contribution in [0.25, 0.3) is 60.5 Å². The molecule has 0 N–H and O–H groups in total. The lowest BCUT2D eigenvalue weighted by Crippen LogP contribution is -2.25. The van der Waals surface area contributed by atoms with Crippen molar-refractivity contribution in [3.05, 3.63) is 191 Å². The van der Waals surface area contributed by atoms with Crippen LogP contribution in [0.5, 0.6) is 0 Å². The third-order valence-electron chi connectivity index (χ3n) is 18.0. The first-order valence-electron chi connectivity index (χ1n) is 26.5. The molecule has 1 unspecified atom stereocenters. The molecular formula is C66H62N2. The second-order valence-electron chi connectivity index (χ2n) is 21.6. The molecule has 6 bridgehead atoms. The standard InChI is InChI=1S/C66H62N2/c1-66-57-38-37-50(42-56(57)64-52(26-16-29-58(64)66)45-19-7-3-8-20-45)67(49-35-31-44(32-36-49)43-17-5-2-6-18-43)62-40-33-47-23-11-12-24-51(47)63(62)48-34-39-61(59(66)41-48)68-60-30-14-13-25-54(60)55-28-15-27-53(65(55)68)46-21-9-4-10-22-46/h11-16,23-43,45-46H,2-10,17-22H2,1H3. The largest absolute Gasteiger partial charge is 0.310 e. The van der Waals surface area contributed by atoms with Gasteiger partial charge in [0.15, 0.2) is 0 Å². The number of hydrogen-bond acceptors (Lipinski definition) is 1. The maximum atomic E-state index is 2.72. The van der Waals surface area contributed by atoms with Gasteiger partial charge < -0.3 is 9.47 Å². The number of nitrogens with zero attached hydrogens (tertiary/aromatic N) is 2. The summed E-state index contributed by atoms with van der Waals surface area (Å²) in [6, 6.07) is 62.8. The van der Waals surface area contributed by atoms with E-state index in [1.165, 1.54) is 202 Å². The first-order valence-corrected chi connectivity index (χ1v) is 26.5. The van der Waals surface area contributed by atoms with Gasteiger partial charge in [0.05, 0.1) is 22.4 Å². The van der Waals surface area contributed by atoms with Crippen LogP contribution in [0.3, 0.4) is 0 Å². The topological polar surface area (TPSA) is 8.17 Å². The average molecular weight is 883 g/mol. The fourth-order valence-corrected chi connectivity index (χ4v) is 14.6. The summed E-state index contributed by atoms with van der Waals surface area (Å²) in [6.45, 7) is 2.59. The van der Waals surface area contributed by atoms with Gasteiger partial charge in [-0.25, -0.2) is 0 Å². The number of rotatable bonds is 5. The van der Waals surface area contributed by atoms with Crippen LogP contribution in [-0.2, 0) is 5.41 Å². The minimum atomic E-state index is -0.432. The minimum absolute atomic E-state index is 0.432. The van der Waals surface area contributed by atoms with E-state index in [0.717, 1.165) is 0 Å². The van der Waals surface area contributed by atoms with Crippen molar-refractivity contribution in [1.82, 2.24) is 4.57 Å². The zero-order valence-electron chi connectivity index (χ0n) is 39.7. The molecule has 3 heterocycles. The molecule has 336 valence electrons. The average Bonchev–Trinajstić information content (AvgIpc) is 3.88. The predicted octanol–water partition coefficient (Wildman–Crippen LogP) is 18.9. The maximum absolute atomic E-state index is 2.72. The highest BCUT2D eigenvalue weighted by Crippen LogP contribution is 2.60. The third kappa shape index (κ3) is 6.14. The lowest BCUT2D eigenvalue weighted by Gasteiger charge is -2.33. The molecule has 8 aromatic carbocycles. The van der Waals surface area contributed by atoms with Crippen molar-refractivity contribution in [3.8, 4) is 27.9 Å². The molecule has 2 aliphatic heterocycles. The summed E-state index contributed by atoms with van der Waals surface area (Å²) in [4.78, 5) is 2.60. The van der Waals surface area contributed by atoms with Gasteiger partial charge in [-0.3, -0.25) is 0 Å². The molecule has 0 radical (unpaired) electrons. The van der Waals surface area contributed by atoms with E-state index in [0.29, 0.717) is 17.8 Å². The van der Waals surface area contributed by atoms with Crippen molar-refractivity contribution in [1.29, 1.82) is 0 Å². The van der Waals surface area contributed by atoms with Crippen molar-refractivity contribution in [2.45, 2.75) is 126 Å². The summed E-state index contributed by atoms with van der Waals surface area (Å²) in [7, 11) is 0. The van der Waals surface area contributed by atoms with Gasteiger partial charge in [-0.2, -0.15) is 0 Å². The smallest absolute Gasteiger partial charge is 0.0575 e. The maximum Gasteiger partial charge on any atom is 0.0575 e. The van der Waals surface area contributed by atoms with Crippen molar-refractivity contribution in [2.75, 3.05) is 4.90 Å². The van der Waals surface area contributed by atoms with Crippen molar-refractivity contribution < 1.29 is 0 Å². The lowest BCUT2D eigenvalue weighted by atomic mass is 9.72. The van der Waals surface area contributed by atoms with E-state index in [1.54, 1.807) is 5.56 Å². The minimum Gasteiger partial charge on any atom is -0.310 e. The summed E-state index contributed by atoms with van der Waals surface area (Å²) >= 11 is 0. The molecule has 68 heavy (non-hydrogen) atoms. The monoisotopic (exact) mass is 882 g/mol.